The van der Waals surface area contributed by atoms with E-state index in [1.165, 1.54) is 12.8 Å². The molecule has 1 amide bonds. The van der Waals surface area contributed by atoms with Gasteiger partial charge in [-0.1, -0.05) is 13.3 Å². The van der Waals surface area contributed by atoms with E-state index >= 15 is 0 Å². The van der Waals surface area contributed by atoms with Gasteiger partial charge in [0.15, 0.2) is 0 Å². The van der Waals surface area contributed by atoms with Crippen molar-refractivity contribution in [3.63, 3.8) is 0 Å². The maximum Gasteiger partial charge on any atom is 0.226 e. The van der Waals surface area contributed by atoms with Crippen molar-refractivity contribution in [2.45, 2.75) is 64.3 Å². The Morgan fingerprint density at radius 3 is 2.58 bits per heavy atom. The normalized spacial score (nSPS) is 39.2. The zero-order valence-corrected chi connectivity index (χ0v) is 11.9. The number of rotatable bonds is 2. The SMILES string of the molecule is CC1CCCC1C(=O)N1CCCC1C1CCCC1=O. The third-order valence-corrected chi connectivity index (χ3v) is 5.58. The molecule has 0 N–H and O–H groups in total. The van der Waals surface area contributed by atoms with Gasteiger partial charge in [-0.15, -0.1) is 0 Å². The highest BCUT2D eigenvalue weighted by atomic mass is 16.2. The average Bonchev–Trinajstić information content (AvgIpc) is 3.07. The van der Waals surface area contributed by atoms with Gasteiger partial charge >= 0.3 is 0 Å². The Bertz CT molecular complexity index is 379. The van der Waals surface area contributed by atoms with Gasteiger partial charge < -0.3 is 4.90 Å². The molecule has 106 valence electrons. The van der Waals surface area contributed by atoms with Gasteiger partial charge in [0.1, 0.15) is 5.78 Å². The maximum atomic E-state index is 12.7. The zero-order chi connectivity index (χ0) is 13.4. The number of nitrogens with zero attached hydrogens (tertiary/aromatic N) is 1. The number of ketones is 1. The third kappa shape index (κ3) is 2.32. The number of carbonyl (C=O) groups is 2. The molecule has 1 saturated heterocycles. The van der Waals surface area contributed by atoms with E-state index in [9.17, 15) is 9.59 Å². The fourth-order valence-electron chi connectivity index (χ4n) is 4.46. The molecule has 0 radical (unpaired) electrons. The molecule has 0 aromatic carbocycles. The van der Waals surface area contributed by atoms with Crippen LogP contribution in [0.3, 0.4) is 0 Å². The van der Waals surface area contributed by atoms with Crippen molar-refractivity contribution in [2.24, 2.45) is 17.8 Å². The predicted octanol–water partition coefficient (Wildman–Crippen LogP) is 2.78. The molecule has 0 spiro atoms. The van der Waals surface area contributed by atoms with Gasteiger partial charge in [0.25, 0.3) is 0 Å². The van der Waals surface area contributed by atoms with E-state index in [1.807, 2.05) is 0 Å². The van der Waals surface area contributed by atoms with Gasteiger partial charge in [-0.3, -0.25) is 9.59 Å². The summed E-state index contributed by atoms with van der Waals surface area (Å²) in [7, 11) is 0. The first-order chi connectivity index (χ1) is 9.18. The Hall–Kier alpha value is -0.860. The molecule has 3 nitrogen and oxygen atoms in total. The van der Waals surface area contributed by atoms with Crippen LogP contribution >= 0.6 is 0 Å². The highest BCUT2D eigenvalue weighted by Crippen LogP contribution is 2.38. The largest absolute Gasteiger partial charge is 0.339 e. The fraction of sp³-hybridized carbons (Fsp3) is 0.875. The highest BCUT2D eigenvalue weighted by molar-refractivity contribution is 5.85. The van der Waals surface area contributed by atoms with Crippen LogP contribution in [-0.4, -0.2) is 29.2 Å². The van der Waals surface area contributed by atoms with Crippen LogP contribution in [0.5, 0.6) is 0 Å². The number of likely N-dealkylation sites (tertiary alicyclic amines) is 1. The first-order valence-corrected chi connectivity index (χ1v) is 8.01. The molecule has 0 aromatic heterocycles. The quantitative estimate of drug-likeness (QED) is 0.768. The fourth-order valence-corrected chi connectivity index (χ4v) is 4.46. The number of carbonyl (C=O) groups excluding carboxylic acids is 2. The molecule has 2 saturated carbocycles. The van der Waals surface area contributed by atoms with E-state index in [0.717, 1.165) is 45.1 Å². The van der Waals surface area contributed by atoms with Crippen LogP contribution in [0, 0.1) is 17.8 Å². The summed E-state index contributed by atoms with van der Waals surface area (Å²) >= 11 is 0. The van der Waals surface area contributed by atoms with Crippen LogP contribution in [0.4, 0.5) is 0 Å². The summed E-state index contributed by atoms with van der Waals surface area (Å²) in [4.78, 5) is 26.8. The first-order valence-electron chi connectivity index (χ1n) is 8.01. The Balaban J connectivity index is 1.72. The lowest BCUT2D eigenvalue weighted by Crippen LogP contribution is -2.44. The number of amides is 1. The van der Waals surface area contributed by atoms with Gasteiger partial charge in [0, 0.05) is 30.8 Å². The summed E-state index contributed by atoms with van der Waals surface area (Å²) in [6.07, 6.45) is 8.35. The van der Waals surface area contributed by atoms with Crippen LogP contribution < -0.4 is 0 Å². The lowest BCUT2D eigenvalue weighted by molar-refractivity contribution is -0.139. The second-order valence-electron chi connectivity index (χ2n) is 6.72. The van der Waals surface area contributed by atoms with E-state index < -0.39 is 0 Å². The van der Waals surface area contributed by atoms with Crippen molar-refractivity contribution in [2.75, 3.05) is 6.54 Å². The van der Waals surface area contributed by atoms with E-state index in [0.29, 0.717) is 17.6 Å². The molecule has 19 heavy (non-hydrogen) atoms. The van der Waals surface area contributed by atoms with Crippen molar-refractivity contribution in [3.8, 4) is 0 Å². The molecule has 3 heteroatoms. The predicted molar refractivity (Wildman–Crippen MR) is 73.6 cm³/mol. The lowest BCUT2D eigenvalue weighted by Gasteiger charge is -2.31. The topological polar surface area (TPSA) is 37.4 Å². The Kier molecular flexibility index (Phi) is 3.64. The molecule has 0 bridgehead atoms. The Morgan fingerprint density at radius 1 is 1.11 bits per heavy atom. The summed E-state index contributed by atoms with van der Waals surface area (Å²) in [5.74, 6) is 1.68. The monoisotopic (exact) mass is 263 g/mol. The minimum atomic E-state index is 0.156. The molecular formula is C16H25NO2. The molecule has 1 aliphatic heterocycles. The summed E-state index contributed by atoms with van der Waals surface area (Å²) in [6.45, 7) is 3.10. The van der Waals surface area contributed by atoms with E-state index in [-0.39, 0.29) is 17.9 Å². The summed E-state index contributed by atoms with van der Waals surface area (Å²) < 4.78 is 0. The second-order valence-corrected chi connectivity index (χ2v) is 6.72. The maximum absolute atomic E-state index is 12.7. The van der Waals surface area contributed by atoms with Crippen molar-refractivity contribution in [1.82, 2.24) is 4.90 Å². The van der Waals surface area contributed by atoms with E-state index in [1.54, 1.807) is 0 Å². The number of hydrogen-bond acceptors (Lipinski definition) is 2. The minimum absolute atomic E-state index is 0.156. The minimum Gasteiger partial charge on any atom is -0.339 e. The summed E-state index contributed by atoms with van der Waals surface area (Å²) in [5, 5.41) is 0. The zero-order valence-electron chi connectivity index (χ0n) is 11.9. The van der Waals surface area contributed by atoms with Gasteiger partial charge in [-0.25, -0.2) is 0 Å². The van der Waals surface area contributed by atoms with Crippen molar-refractivity contribution in [3.05, 3.63) is 0 Å². The van der Waals surface area contributed by atoms with Crippen LogP contribution in [0.25, 0.3) is 0 Å². The second kappa shape index (κ2) is 5.26. The van der Waals surface area contributed by atoms with Crippen molar-refractivity contribution in [1.29, 1.82) is 0 Å². The molecular weight excluding hydrogens is 238 g/mol. The molecule has 2 aliphatic carbocycles. The number of Topliss-reactive ketones (excluding diaryl/α,β-unsaturated/α-hetero) is 1. The van der Waals surface area contributed by atoms with Gasteiger partial charge in [0.2, 0.25) is 5.91 Å². The highest BCUT2D eigenvalue weighted by Gasteiger charge is 2.43. The molecule has 3 fully saturated rings. The third-order valence-electron chi connectivity index (χ3n) is 5.58. The lowest BCUT2D eigenvalue weighted by atomic mass is 9.92. The smallest absolute Gasteiger partial charge is 0.226 e. The molecule has 4 atom stereocenters. The van der Waals surface area contributed by atoms with Gasteiger partial charge in [-0.2, -0.15) is 0 Å². The van der Waals surface area contributed by atoms with E-state index in [2.05, 4.69) is 11.8 Å². The van der Waals surface area contributed by atoms with Gasteiger partial charge in [-0.05, 0) is 44.4 Å². The summed E-state index contributed by atoms with van der Waals surface area (Å²) in [6, 6.07) is 0.232. The van der Waals surface area contributed by atoms with Crippen molar-refractivity contribution >= 4 is 11.7 Å². The van der Waals surface area contributed by atoms with Crippen LogP contribution in [0.15, 0.2) is 0 Å². The summed E-state index contributed by atoms with van der Waals surface area (Å²) in [5.41, 5.74) is 0. The number of hydrogen-bond donors (Lipinski definition) is 0. The molecule has 4 unspecified atom stereocenters. The molecule has 1 heterocycles. The van der Waals surface area contributed by atoms with Crippen LogP contribution in [-0.2, 0) is 9.59 Å². The van der Waals surface area contributed by atoms with Crippen LogP contribution in [0.2, 0.25) is 0 Å². The van der Waals surface area contributed by atoms with Crippen molar-refractivity contribution < 1.29 is 9.59 Å². The standard InChI is InChI=1S/C16H25NO2/c1-11-5-2-6-12(11)16(19)17-10-4-8-14(17)13-7-3-9-15(13)18/h11-14H,2-10H2,1H3. The Labute approximate surface area is 115 Å². The van der Waals surface area contributed by atoms with E-state index in [4.69, 9.17) is 0 Å². The molecule has 3 aliphatic rings. The first kappa shape index (κ1) is 13.1. The molecule has 0 aromatic rings. The Morgan fingerprint density at radius 2 is 1.95 bits per heavy atom. The molecule has 3 rings (SSSR count). The van der Waals surface area contributed by atoms with Crippen LogP contribution in [0.1, 0.15) is 58.3 Å². The average molecular weight is 263 g/mol. The van der Waals surface area contributed by atoms with Gasteiger partial charge in [0.05, 0.1) is 0 Å².